The zero-order valence-corrected chi connectivity index (χ0v) is 20.1. The van der Waals surface area contributed by atoms with Gasteiger partial charge in [0.05, 0.1) is 10.6 Å². The van der Waals surface area contributed by atoms with Crippen LogP contribution < -0.4 is 5.32 Å². The lowest BCUT2D eigenvalue weighted by Crippen LogP contribution is -2.38. The van der Waals surface area contributed by atoms with Crippen molar-refractivity contribution in [3.05, 3.63) is 65.2 Å². The molecule has 1 N–H and O–H groups in total. The maximum Gasteiger partial charge on any atom is 0.251 e. The van der Waals surface area contributed by atoms with Crippen molar-refractivity contribution in [2.24, 2.45) is 0 Å². The van der Waals surface area contributed by atoms with E-state index in [4.69, 9.17) is 0 Å². The summed E-state index contributed by atoms with van der Waals surface area (Å²) in [6, 6.07) is 13.7. The third-order valence-electron chi connectivity index (χ3n) is 6.17. The van der Waals surface area contributed by atoms with Crippen LogP contribution in [0, 0.1) is 0 Å². The van der Waals surface area contributed by atoms with Gasteiger partial charge in [-0.25, -0.2) is 16.8 Å². The molecule has 8 nitrogen and oxygen atoms in total. The molecule has 1 fully saturated rings. The minimum atomic E-state index is -3.52. The van der Waals surface area contributed by atoms with E-state index in [2.05, 4.69) is 5.32 Å². The monoisotopic (exact) mass is 491 g/mol. The minimum absolute atomic E-state index is 0.0392. The summed E-state index contributed by atoms with van der Waals surface area (Å²) < 4.78 is 53.5. The molecule has 0 bridgehead atoms. The highest BCUT2D eigenvalue weighted by atomic mass is 32.2. The van der Waals surface area contributed by atoms with Crippen molar-refractivity contribution in [2.45, 2.75) is 37.1 Å². The van der Waals surface area contributed by atoms with Crippen LogP contribution in [-0.4, -0.2) is 63.3 Å². The Hall–Kier alpha value is -2.27. The lowest BCUT2D eigenvalue weighted by molar-refractivity contribution is 0.0953. The van der Waals surface area contributed by atoms with Gasteiger partial charge in [-0.2, -0.15) is 8.61 Å². The van der Waals surface area contributed by atoms with Gasteiger partial charge in [-0.05, 0) is 61.1 Å². The standard InChI is InChI=1S/C23H29N3O5S2/c27-23(20-8-10-22(11-9-20)33(30,31)25-14-3-4-15-25)24-13-5-17-32(28,29)26-16-12-19-6-1-2-7-21(19)18-26/h1-2,6-11H,3-5,12-18H2,(H,24,27). The van der Waals surface area contributed by atoms with Gasteiger partial charge in [-0.1, -0.05) is 24.3 Å². The first-order chi connectivity index (χ1) is 15.8. The van der Waals surface area contributed by atoms with E-state index in [1.54, 1.807) is 0 Å². The molecule has 2 aromatic rings. The summed E-state index contributed by atoms with van der Waals surface area (Å²) in [5, 5.41) is 2.72. The summed E-state index contributed by atoms with van der Waals surface area (Å²) in [6.07, 6.45) is 2.73. The van der Waals surface area contributed by atoms with E-state index in [0.29, 0.717) is 44.6 Å². The number of rotatable bonds is 8. The quantitative estimate of drug-likeness (QED) is 0.569. The normalized spacial score (nSPS) is 17.6. The topological polar surface area (TPSA) is 104 Å². The molecule has 0 atom stereocenters. The van der Waals surface area contributed by atoms with Crippen molar-refractivity contribution in [1.29, 1.82) is 0 Å². The molecular weight excluding hydrogens is 462 g/mol. The average Bonchev–Trinajstić information content (AvgIpc) is 3.37. The molecule has 10 heteroatoms. The van der Waals surface area contributed by atoms with Crippen LogP contribution in [-0.2, 0) is 33.0 Å². The van der Waals surface area contributed by atoms with Crippen LogP contribution in [0.15, 0.2) is 53.4 Å². The number of carbonyl (C=O) groups is 1. The number of benzene rings is 2. The predicted octanol–water partition coefficient (Wildman–Crippen LogP) is 1.98. The number of sulfonamides is 2. The van der Waals surface area contributed by atoms with Gasteiger partial charge < -0.3 is 5.32 Å². The maximum absolute atomic E-state index is 12.7. The maximum atomic E-state index is 12.7. The second-order valence-electron chi connectivity index (χ2n) is 8.41. The van der Waals surface area contributed by atoms with Gasteiger partial charge in [0.15, 0.2) is 0 Å². The summed E-state index contributed by atoms with van der Waals surface area (Å²) in [6.45, 7) is 2.13. The molecule has 0 aliphatic carbocycles. The Morgan fingerprint density at radius 1 is 0.848 bits per heavy atom. The van der Waals surface area contributed by atoms with Crippen molar-refractivity contribution in [3.63, 3.8) is 0 Å². The van der Waals surface area contributed by atoms with E-state index in [1.165, 1.54) is 38.4 Å². The van der Waals surface area contributed by atoms with Crippen LogP contribution in [0.2, 0.25) is 0 Å². The van der Waals surface area contributed by atoms with Crippen molar-refractivity contribution in [3.8, 4) is 0 Å². The van der Waals surface area contributed by atoms with Crippen LogP contribution >= 0.6 is 0 Å². The van der Waals surface area contributed by atoms with Gasteiger partial charge in [0.25, 0.3) is 5.91 Å². The average molecular weight is 492 g/mol. The van der Waals surface area contributed by atoms with Crippen LogP contribution in [0.4, 0.5) is 0 Å². The van der Waals surface area contributed by atoms with Gasteiger partial charge in [-0.3, -0.25) is 4.79 Å². The molecule has 0 unspecified atom stereocenters. The minimum Gasteiger partial charge on any atom is -0.352 e. The highest BCUT2D eigenvalue weighted by molar-refractivity contribution is 7.89. The molecular formula is C23H29N3O5S2. The SMILES string of the molecule is O=C(NCCCS(=O)(=O)N1CCc2ccccc2C1)c1ccc(S(=O)(=O)N2CCCC2)cc1. The molecule has 0 aromatic heterocycles. The Morgan fingerprint density at radius 3 is 2.21 bits per heavy atom. The number of fused-ring (bicyclic) bond motifs is 1. The molecule has 1 saturated heterocycles. The molecule has 0 radical (unpaired) electrons. The highest BCUT2D eigenvalue weighted by Gasteiger charge is 2.28. The van der Waals surface area contributed by atoms with E-state index >= 15 is 0 Å². The van der Waals surface area contributed by atoms with Crippen LogP contribution in [0.25, 0.3) is 0 Å². The fraction of sp³-hybridized carbons (Fsp3) is 0.435. The molecule has 0 spiro atoms. The number of carbonyl (C=O) groups excluding carboxylic acids is 1. The van der Waals surface area contributed by atoms with Crippen LogP contribution in [0.1, 0.15) is 40.7 Å². The molecule has 4 rings (SSSR count). The van der Waals surface area contributed by atoms with E-state index in [1.807, 2.05) is 24.3 Å². The van der Waals surface area contributed by atoms with Crippen molar-refractivity contribution < 1.29 is 21.6 Å². The molecule has 2 heterocycles. The third kappa shape index (κ3) is 5.46. The Morgan fingerprint density at radius 2 is 1.52 bits per heavy atom. The first-order valence-electron chi connectivity index (χ1n) is 11.2. The summed E-state index contributed by atoms with van der Waals surface area (Å²) in [4.78, 5) is 12.6. The van der Waals surface area contributed by atoms with Crippen molar-refractivity contribution >= 4 is 26.0 Å². The molecule has 178 valence electrons. The molecule has 33 heavy (non-hydrogen) atoms. The number of nitrogens with zero attached hydrogens (tertiary/aromatic N) is 2. The molecule has 2 aromatic carbocycles. The van der Waals surface area contributed by atoms with Gasteiger partial charge in [0.1, 0.15) is 0 Å². The summed E-state index contributed by atoms with van der Waals surface area (Å²) in [5.41, 5.74) is 2.57. The van der Waals surface area contributed by atoms with E-state index in [9.17, 15) is 21.6 Å². The van der Waals surface area contributed by atoms with E-state index in [-0.39, 0.29) is 23.1 Å². The van der Waals surface area contributed by atoms with Gasteiger partial charge in [0.2, 0.25) is 20.0 Å². The summed E-state index contributed by atoms with van der Waals surface area (Å²) >= 11 is 0. The lowest BCUT2D eigenvalue weighted by Gasteiger charge is -2.28. The molecule has 0 saturated carbocycles. The predicted molar refractivity (Wildman–Crippen MR) is 126 cm³/mol. The smallest absolute Gasteiger partial charge is 0.251 e. The van der Waals surface area contributed by atoms with Crippen molar-refractivity contribution in [2.75, 3.05) is 31.9 Å². The van der Waals surface area contributed by atoms with Crippen molar-refractivity contribution in [1.82, 2.24) is 13.9 Å². The third-order valence-corrected chi connectivity index (χ3v) is 9.99. The fourth-order valence-corrected chi connectivity index (χ4v) is 7.24. The lowest BCUT2D eigenvalue weighted by atomic mass is 10.0. The second kappa shape index (κ2) is 9.92. The largest absolute Gasteiger partial charge is 0.352 e. The zero-order chi connectivity index (χ0) is 23.5. The highest BCUT2D eigenvalue weighted by Crippen LogP contribution is 2.22. The second-order valence-corrected chi connectivity index (χ2v) is 12.4. The summed E-state index contributed by atoms with van der Waals surface area (Å²) in [7, 11) is -6.93. The Kier molecular flexibility index (Phi) is 7.18. The fourth-order valence-electron chi connectivity index (χ4n) is 4.25. The Labute approximate surface area is 195 Å². The van der Waals surface area contributed by atoms with E-state index in [0.717, 1.165) is 18.4 Å². The Bertz CT molecular complexity index is 1200. The molecule has 1 amide bonds. The first-order valence-corrected chi connectivity index (χ1v) is 14.3. The Balaban J connectivity index is 1.26. The number of nitrogens with one attached hydrogen (secondary N) is 1. The molecule has 2 aliphatic heterocycles. The number of hydrogen-bond acceptors (Lipinski definition) is 5. The number of hydrogen-bond donors (Lipinski definition) is 1. The van der Waals surface area contributed by atoms with Crippen LogP contribution in [0.5, 0.6) is 0 Å². The van der Waals surface area contributed by atoms with Gasteiger partial charge >= 0.3 is 0 Å². The van der Waals surface area contributed by atoms with Gasteiger partial charge in [0, 0.05) is 38.3 Å². The van der Waals surface area contributed by atoms with Crippen LogP contribution in [0.3, 0.4) is 0 Å². The first kappa shape index (κ1) is 23.9. The molecule has 2 aliphatic rings. The van der Waals surface area contributed by atoms with E-state index < -0.39 is 20.0 Å². The number of amides is 1. The summed E-state index contributed by atoms with van der Waals surface area (Å²) in [5.74, 6) is -0.396. The zero-order valence-electron chi connectivity index (χ0n) is 18.4. The van der Waals surface area contributed by atoms with Gasteiger partial charge in [-0.15, -0.1) is 0 Å².